The molecule has 0 aliphatic heterocycles. The second kappa shape index (κ2) is 7.77. The van der Waals surface area contributed by atoms with Gasteiger partial charge in [-0.25, -0.2) is 4.39 Å². The van der Waals surface area contributed by atoms with Gasteiger partial charge in [-0.05, 0) is 30.3 Å². The van der Waals surface area contributed by atoms with E-state index in [2.05, 4.69) is 9.97 Å². The molecule has 3 aromatic rings. The molecule has 0 N–H and O–H groups in total. The maximum absolute atomic E-state index is 13.8. The quantitative estimate of drug-likeness (QED) is 0.678. The van der Waals surface area contributed by atoms with Crippen LogP contribution in [-0.2, 0) is 4.79 Å². The number of amides is 1. The van der Waals surface area contributed by atoms with Gasteiger partial charge in [-0.1, -0.05) is 0 Å². The minimum Gasteiger partial charge on any atom is -0.492 e. The Morgan fingerprint density at radius 1 is 1.15 bits per heavy atom. The predicted molar refractivity (Wildman–Crippen MR) is 94.8 cm³/mol. The zero-order valence-corrected chi connectivity index (χ0v) is 14.5. The van der Waals surface area contributed by atoms with Gasteiger partial charge >= 0.3 is 0 Å². The average molecular weight is 355 g/mol. The zero-order valence-electron chi connectivity index (χ0n) is 14.5. The molecule has 0 saturated carbocycles. The van der Waals surface area contributed by atoms with Crippen LogP contribution in [0.4, 0.5) is 4.39 Å². The third-order valence-electron chi connectivity index (χ3n) is 3.85. The molecule has 3 rings (SSSR count). The predicted octanol–water partition coefficient (Wildman–Crippen LogP) is 3.42. The van der Waals surface area contributed by atoms with Gasteiger partial charge in [0.25, 0.3) is 0 Å². The summed E-state index contributed by atoms with van der Waals surface area (Å²) >= 11 is 0. The summed E-state index contributed by atoms with van der Waals surface area (Å²) in [6, 6.07) is 8.70. The van der Waals surface area contributed by atoms with E-state index in [9.17, 15) is 9.18 Å². The van der Waals surface area contributed by atoms with Crippen LogP contribution in [0.15, 0.2) is 48.9 Å². The lowest BCUT2D eigenvalue weighted by molar-refractivity contribution is -0.127. The summed E-state index contributed by atoms with van der Waals surface area (Å²) in [5, 5.41) is 0.500. The summed E-state index contributed by atoms with van der Waals surface area (Å²) in [6.45, 7) is 2.42. The Hall–Kier alpha value is -3.22. The van der Waals surface area contributed by atoms with Gasteiger partial charge < -0.3 is 14.4 Å². The van der Waals surface area contributed by atoms with Gasteiger partial charge in [0, 0.05) is 26.4 Å². The van der Waals surface area contributed by atoms with E-state index < -0.39 is 5.82 Å². The third-order valence-corrected chi connectivity index (χ3v) is 3.85. The Kier molecular flexibility index (Phi) is 5.26. The highest BCUT2D eigenvalue weighted by Crippen LogP contribution is 2.30. The van der Waals surface area contributed by atoms with Crippen LogP contribution >= 0.6 is 0 Å². The van der Waals surface area contributed by atoms with Gasteiger partial charge in [-0.15, -0.1) is 0 Å². The number of nitrogens with zero attached hydrogens (tertiary/aromatic N) is 3. The Morgan fingerprint density at radius 2 is 1.88 bits per heavy atom. The van der Waals surface area contributed by atoms with Crippen molar-refractivity contribution in [3.8, 4) is 17.2 Å². The van der Waals surface area contributed by atoms with Gasteiger partial charge in [0.05, 0.1) is 18.1 Å². The highest BCUT2D eigenvalue weighted by Gasteiger charge is 2.09. The fraction of sp³-hybridized carbons (Fsp3) is 0.211. The van der Waals surface area contributed by atoms with Crippen LogP contribution in [0, 0.1) is 5.82 Å². The van der Waals surface area contributed by atoms with E-state index in [4.69, 9.17) is 9.47 Å². The molecule has 0 aliphatic carbocycles. The van der Waals surface area contributed by atoms with E-state index in [1.807, 2.05) is 0 Å². The van der Waals surface area contributed by atoms with Crippen LogP contribution < -0.4 is 9.47 Å². The van der Waals surface area contributed by atoms with Crippen molar-refractivity contribution in [1.82, 2.24) is 14.9 Å². The first-order valence-electron chi connectivity index (χ1n) is 8.05. The largest absolute Gasteiger partial charge is 0.492 e. The van der Waals surface area contributed by atoms with Crippen molar-refractivity contribution >= 4 is 16.8 Å². The number of ether oxygens (including phenoxy) is 2. The molecule has 0 fully saturated rings. The number of aromatic nitrogens is 2. The summed E-state index contributed by atoms with van der Waals surface area (Å²) in [6.07, 6.45) is 4.13. The lowest BCUT2D eigenvalue weighted by Crippen LogP contribution is -2.28. The van der Waals surface area contributed by atoms with E-state index in [-0.39, 0.29) is 11.4 Å². The summed E-state index contributed by atoms with van der Waals surface area (Å²) in [4.78, 5) is 20.6. The minimum atomic E-state index is -0.493. The van der Waals surface area contributed by atoms with Gasteiger partial charge in [0.1, 0.15) is 29.4 Å². The third kappa shape index (κ3) is 4.05. The SMILES string of the molecule is CC(=O)N(C)CCOc1ccc(Oc2ccnc3c(F)cncc23)cc1. The Bertz CT molecular complexity index is 916. The first-order chi connectivity index (χ1) is 12.5. The molecule has 1 amide bonds. The van der Waals surface area contributed by atoms with Crippen LogP contribution in [0.25, 0.3) is 10.9 Å². The highest BCUT2D eigenvalue weighted by molar-refractivity contribution is 5.84. The van der Waals surface area contributed by atoms with E-state index in [0.29, 0.717) is 35.8 Å². The van der Waals surface area contributed by atoms with Crippen molar-refractivity contribution in [3.63, 3.8) is 0 Å². The fourth-order valence-corrected chi connectivity index (χ4v) is 2.29. The van der Waals surface area contributed by atoms with Gasteiger partial charge in [-0.3, -0.25) is 14.8 Å². The van der Waals surface area contributed by atoms with Gasteiger partial charge in [0.15, 0.2) is 5.82 Å². The van der Waals surface area contributed by atoms with Crippen LogP contribution in [0.1, 0.15) is 6.92 Å². The molecule has 2 aromatic heterocycles. The lowest BCUT2D eigenvalue weighted by Gasteiger charge is -2.15. The molecular weight excluding hydrogens is 337 g/mol. The maximum Gasteiger partial charge on any atom is 0.219 e. The molecule has 6 nitrogen and oxygen atoms in total. The number of hydrogen-bond donors (Lipinski definition) is 0. The first kappa shape index (κ1) is 17.6. The summed E-state index contributed by atoms with van der Waals surface area (Å²) in [5.41, 5.74) is 0.215. The number of pyridine rings is 2. The molecule has 7 heteroatoms. The van der Waals surface area contributed by atoms with Crippen LogP contribution in [0.2, 0.25) is 0 Å². The normalized spacial score (nSPS) is 10.6. The number of likely N-dealkylation sites (N-methyl/N-ethyl adjacent to an activating group) is 1. The fourth-order valence-electron chi connectivity index (χ4n) is 2.29. The van der Waals surface area contributed by atoms with Crippen LogP contribution in [0.3, 0.4) is 0 Å². The number of rotatable bonds is 6. The average Bonchev–Trinajstić information content (AvgIpc) is 2.64. The Balaban J connectivity index is 1.67. The molecular formula is C19H18FN3O3. The van der Waals surface area contributed by atoms with Gasteiger partial charge in [0.2, 0.25) is 5.91 Å². The van der Waals surface area contributed by atoms with Crippen molar-refractivity contribution in [2.45, 2.75) is 6.92 Å². The van der Waals surface area contributed by atoms with Crippen molar-refractivity contribution < 1.29 is 18.7 Å². The molecule has 1 aromatic carbocycles. The summed E-state index contributed by atoms with van der Waals surface area (Å²) < 4.78 is 25.2. The summed E-state index contributed by atoms with van der Waals surface area (Å²) in [5.74, 6) is 1.22. The number of carbonyl (C=O) groups excluding carboxylic acids is 1. The number of halogens is 1. The first-order valence-corrected chi connectivity index (χ1v) is 8.05. The highest BCUT2D eigenvalue weighted by atomic mass is 19.1. The topological polar surface area (TPSA) is 64.6 Å². The summed E-state index contributed by atoms with van der Waals surface area (Å²) in [7, 11) is 1.72. The van der Waals surface area contributed by atoms with Gasteiger partial charge in [-0.2, -0.15) is 0 Å². The lowest BCUT2D eigenvalue weighted by atomic mass is 10.2. The van der Waals surface area contributed by atoms with Crippen LogP contribution in [-0.4, -0.2) is 41.0 Å². The molecule has 0 saturated heterocycles. The maximum atomic E-state index is 13.8. The van der Waals surface area contributed by atoms with Crippen molar-refractivity contribution in [2.75, 3.05) is 20.2 Å². The number of benzene rings is 1. The molecule has 26 heavy (non-hydrogen) atoms. The minimum absolute atomic E-state index is 0.00662. The Labute approximate surface area is 150 Å². The smallest absolute Gasteiger partial charge is 0.219 e. The van der Waals surface area contributed by atoms with Crippen LogP contribution in [0.5, 0.6) is 17.2 Å². The van der Waals surface area contributed by atoms with Crippen molar-refractivity contribution in [1.29, 1.82) is 0 Å². The number of fused-ring (bicyclic) bond motifs is 1. The molecule has 0 unspecified atom stereocenters. The molecule has 134 valence electrons. The number of hydrogen-bond acceptors (Lipinski definition) is 5. The van der Waals surface area contributed by atoms with E-state index in [1.165, 1.54) is 19.3 Å². The molecule has 0 spiro atoms. The molecule has 0 bridgehead atoms. The zero-order chi connectivity index (χ0) is 18.5. The van der Waals surface area contributed by atoms with E-state index in [1.54, 1.807) is 42.3 Å². The second-order valence-electron chi connectivity index (χ2n) is 5.69. The monoisotopic (exact) mass is 355 g/mol. The van der Waals surface area contributed by atoms with E-state index >= 15 is 0 Å². The molecule has 0 atom stereocenters. The number of carbonyl (C=O) groups is 1. The standard InChI is InChI=1S/C19H18FN3O3/c1-13(24)23(2)9-10-25-14-3-5-15(6-4-14)26-18-7-8-22-19-16(18)11-21-12-17(19)20/h3-8,11-12H,9-10H2,1-2H3. The van der Waals surface area contributed by atoms with Crippen molar-refractivity contribution in [2.24, 2.45) is 0 Å². The molecule has 2 heterocycles. The Morgan fingerprint density at radius 3 is 2.62 bits per heavy atom. The molecule has 0 aliphatic rings. The molecule has 0 radical (unpaired) electrons. The van der Waals surface area contributed by atoms with E-state index in [0.717, 1.165) is 6.20 Å². The second-order valence-corrected chi connectivity index (χ2v) is 5.69. The van der Waals surface area contributed by atoms with Crippen molar-refractivity contribution in [3.05, 3.63) is 54.7 Å².